The number of methoxy groups -OCH3 is 1. The maximum Gasteiger partial charge on any atom is 0.271 e. The Labute approximate surface area is 146 Å². The second kappa shape index (κ2) is 9.22. The zero-order valence-electron chi connectivity index (χ0n) is 14.3. The van der Waals surface area contributed by atoms with E-state index < -0.39 is 0 Å². The summed E-state index contributed by atoms with van der Waals surface area (Å²) in [5, 5.41) is 6.72. The van der Waals surface area contributed by atoms with Crippen molar-refractivity contribution in [1.82, 2.24) is 5.43 Å². The molecule has 2 N–H and O–H groups in total. The fourth-order valence-electron chi connectivity index (χ4n) is 2.15. The van der Waals surface area contributed by atoms with Crippen molar-refractivity contribution in [2.75, 3.05) is 12.4 Å². The summed E-state index contributed by atoms with van der Waals surface area (Å²) in [6.07, 6.45) is 2.78. The molecule has 0 unspecified atom stereocenters. The van der Waals surface area contributed by atoms with Crippen LogP contribution in [0.25, 0.3) is 0 Å². The van der Waals surface area contributed by atoms with Gasteiger partial charge < -0.3 is 10.1 Å². The van der Waals surface area contributed by atoms with Crippen molar-refractivity contribution in [3.63, 3.8) is 0 Å². The highest BCUT2D eigenvalue weighted by Crippen LogP contribution is 2.14. The molecule has 0 saturated carbocycles. The second-order valence-corrected chi connectivity index (χ2v) is 5.32. The summed E-state index contributed by atoms with van der Waals surface area (Å²) < 4.78 is 5.21. The van der Waals surface area contributed by atoms with Crippen LogP contribution in [-0.4, -0.2) is 25.1 Å². The lowest BCUT2D eigenvalue weighted by Crippen LogP contribution is -2.17. The molecule has 0 aliphatic heterocycles. The van der Waals surface area contributed by atoms with Gasteiger partial charge in [-0.25, -0.2) is 5.43 Å². The predicted molar refractivity (Wildman–Crippen MR) is 98.0 cm³/mol. The van der Waals surface area contributed by atoms with Crippen molar-refractivity contribution in [2.45, 2.75) is 19.8 Å². The van der Waals surface area contributed by atoms with E-state index in [0.717, 1.165) is 12.0 Å². The molecule has 0 aromatic heterocycles. The topological polar surface area (TPSA) is 79.8 Å². The van der Waals surface area contributed by atoms with Gasteiger partial charge >= 0.3 is 0 Å². The van der Waals surface area contributed by atoms with E-state index >= 15 is 0 Å². The van der Waals surface area contributed by atoms with Gasteiger partial charge in [-0.2, -0.15) is 5.10 Å². The second-order valence-electron chi connectivity index (χ2n) is 5.32. The average molecular weight is 339 g/mol. The summed E-state index contributed by atoms with van der Waals surface area (Å²) in [6.45, 7) is 1.94. The maximum atomic E-state index is 12.1. The molecule has 0 aliphatic carbocycles. The molecule has 6 nitrogen and oxygen atoms in total. The first-order valence-corrected chi connectivity index (χ1v) is 8.00. The predicted octanol–water partition coefficient (Wildman–Crippen LogP) is 3.20. The van der Waals surface area contributed by atoms with Crippen molar-refractivity contribution in [2.24, 2.45) is 5.10 Å². The minimum atomic E-state index is -0.336. The molecular formula is C19H21N3O3. The van der Waals surface area contributed by atoms with Gasteiger partial charge in [0.25, 0.3) is 5.91 Å². The van der Waals surface area contributed by atoms with Crippen LogP contribution in [0.5, 0.6) is 5.75 Å². The number of carbonyl (C=O) groups is 2. The van der Waals surface area contributed by atoms with E-state index in [9.17, 15) is 9.59 Å². The van der Waals surface area contributed by atoms with E-state index in [1.54, 1.807) is 31.4 Å². The number of anilines is 1. The number of carbonyl (C=O) groups excluding carboxylic acids is 2. The molecule has 2 aromatic rings. The third-order valence-electron chi connectivity index (χ3n) is 3.42. The summed E-state index contributed by atoms with van der Waals surface area (Å²) in [4.78, 5) is 23.6. The maximum absolute atomic E-state index is 12.1. The Morgan fingerprint density at radius 1 is 1.12 bits per heavy atom. The highest BCUT2D eigenvalue weighted by molar-refractivity contribution is 5.96. The van der Waals surface area contributed by atoms with E-state index in [-0.39, 0.29) is 11.8 Å². The Kier molecular flexibility index (Phi) is 6.71. The van der Waals surface area contributed by atoms with Crippen molar-refractivity contribution < 1.29 is 14.3 Å². The number of nitrogens with zero attached hydrogens (tertiary/aromatic N) is 1. The lowest BCUT2D eigenvalue weighted by atomic mass is 10.2. The van der Waals surface area contributed by atoms with Crippen molar-refractivity contribution >= 4 is 23.7 Å². The van der Waals surface area contributed by atoms with Crippen molar-refractivity contribution in [3.8, 4) is 5.75 Å². The van der Waals surface area contributed by atoms with Gasteiger partial charge in [-0.3, -0.25) is 9.59 Å². The molecule has 0 spiro atoms. The van der Waals surface area contributed by atoms with Crippen molar-refractivity contribution in [3.05, 3.63) is 59.7 Å². The van der Waals surface area contributed by atoms with E-state index in [1.807, 2.05) is 31.2 Å². The Morgan fingerprint density at radius 2 is 1.84 bits per heavy atom. The third-order valence-corrected chi connectivity index (χ3v) is 3.42. The largest absolute Gasteiger partial charge is 0.496 e. The van der Waals surface area contributed by atoms with Gasteiger partial charge in [0.15, 0.2) is 0 Å². The highest BCUT2D eigenvalue weighted by atomic mass is 16.5. The van der Waals surface area contributed by atoms with Gasteiger partial charge in [-0.05, 0) is 42.8 Å². The first-order valence-electron chi connectivity index (χ1n) is 8.00. The van der Waals surface area contributed by atoms with Crippen LogP contribution in [0, 0.1) is 0 Å². The fourth-order valence-corrected chi connectivity index (χ4v) is 2.15. The molecule has 2 aromatic carbocycles. The number of rotatable bonds is 7. The summed E-state index contributed by atoms with van der Waals surface area (Å²) in [7, 11) is 1.58. The summed E-state index contributed by atoms with van der Waals surface area (Å²) in [5.74, 6) is 0.298. The van der Waals surface area contributed by atoms with E-state index in [0.29, 0.717) is 23.4 Å². The number of hydrazone groups is 1. The van der Waals surface area contributed by atoms with Gasteiger partial charge in [0, 0.05) is 23.2 Å². The molecule has 0 heterocycles. The standard InChI is InChI=1S/C19H21N3O3/c1-3-6-18(23)21-16-11-9-14(10-12-16)19(24)22-20-13-15-7-4-5-8-17(15)25-2/h4-5,7-13H,3,6H2,1-2H3,(H,21,23)(H,22,24). The van der Waals surface area contributed by atoms with Crippen LogP contribution < -0.4 is 15.5 Å². The minimum Gasteiger partial charge on any atom is -0.496 e. The first kappa shape index (κ1) is 18.2. The number of nitrogens with one attached hydrogen (secondary N) is 2. The molecule has 0 fully saturated rings. The third kappa shape index (κ3) is 5.46. The molecule has 2 rings (SSSR count). The zero-order chi connectivity index (χ0) is 18.1. The van der Waals surface area contributed by atoms with Crippen LogP contribution in [0.1, 0.15) is 35.7 Å². The molecule has 0 saturated heterocycles. The lowest BCUT2D eigenvalue weighted by Gasteiger charge is -2.06. The number of hydrogen-bond donors (Lipinski definition) is 2. The van der Waals surface area contributed by atoms with Gasteiger partial charge in [0.05, 0.1) is 13.3 Å². The van der Waals surface area contributed by atoms with Crippen LogP contribution in [0.15, 0.2) is 53.6 Å². The Morgan fingerprint density at radius 3 is 2.52 bits per heavy atom. The number of ether oxygens (including phenoxy) is 1. The van der Waals surface area contributed by atoms with Crippen LogP contribution in [-0.2, 0) is 4.79 Å². The smallest absolute Gasteiger partial charge is 0.271 e. The van der Waals surface area contributed by atoms with E-state index in [4.69, 9.17) is 4.74 Å². The molecular weight excluding hydrogens is 318 g/mol. The number of para-hydroxylation sites is 1. The van der Waals surface area contributed by atoms with E-state index in [1.165, 1.54) is 6.21 Å². The van der Waals surface area contributed by atoms with E-state index in [2.05, 4.69) is 15.8 Å². The summed E-state index contributed by atoms with van der Waals surface area (Å²) >= 11 is 0. The molecule has 0 atom stereocenters. The van der Waals surface area contributed by atoms with Gasteiger partial charge in [-0.1, -0.05) is 19.1 Å². The van der Waals surface area contributed by atoms with Crippen molar-refractivity contribution in [1.29, 1.82) is 0 Å². The van der Waals surface area contributed by atoms with Gasteiger partial charge in [0.2, 0.25) is 5.91 Å². The fraction of sp³-hybridized carbons (Fsp3) is 0.211. The monoisotopic (exact) mass is 339 g/mol. The lowest BCUT2D eigenvalue weighted by molar-refractivity contribution is -0.116. The normalized spacial score (nSPS) is 10.5. The average Bonchev–Trinajstić information content (AvgIpc) is 2.63. The molecule has 130 valence electrons. The molecule has 0 radical (unpaired) electrons. The van der Waals surface area contributed by atoms with Crippen LogP contribution in [0.2, 0.25) is 0 Å². The number of benzene rings is 2. The summed E-state index contributed by atoms with van der Waals surface area (Å²) in [6, 6.07) is 14.0. The van der Waals surface area contributed by atoms with Crippen LogP contribution in [0.3, 0.4) is 0 Å². The molecule has 2 amide bonds. The van der Waals surface area contributed by atoms with Crippen LogP contribution in [0.4, 0.5) is 5.69 Å². The SMILES string of the molecule is CCCC(=O)Nc1ccc(C(=O)NN=Cc2ccccc2OC)cc1. The number of hydrogen-bond acceptors (Lipinski definition) is 4. The Hall–Kier alpha value is -3.15. The molecule has 0 bridgehead atoms. The highest BCUT2D eigenvalue weighted by Gasteiger charge is 2.06. The summed E-state index contributed by atoms with van der Waals surface area (Å²) in [5.41, 5.74) is 4.34. The zero-order valence-corrected chi connectivity index (χ0v) is 14.3. The van der Waals surface area contributed by atoms with Gasteiger partial charge in [0.1, 0.15) is 5.75 Å². The Bertz CT molecular complexity index is 755. The minimum absolute atomic E-state index is 0.0406. The van der Waals surface area contributed by atoms with Crippen LogP contribution >= 0.6 is 0 Å². The first-order chi connectivity index (χ1) is 12.1. The molecule has 0 aliphatic rings. The quantitative estimate of drug-likeness (QED) is 0.600. The number of amides is 2. The van der Waals surface area contributed by atoms with Gasteiger partial charge in [-0.15, -0.1) is 0 Å². The molecule has 25 heavy (non-hydrogen) atoms. The Balaban J connectivity index is 1.94. The molecule has 6 heteroatoms.